The summed E-state index contributed by atoms with van der Waals surface area (Å²) in [6.45, 7) is 2.65. The van der Waals surface area contributed by atoms with Gasteiger partial charge in [0.2, 0.25) is 5.91 Å². The van der Waals surface area contributed by atoms with Gasteiger partial charge in [-0.3, -0.25) is 9.69 Å². The van der Waals surface area contributed by atoms with E-state index in [0.717, 1.165) is 47.2 Å². The van der Waals surface area contributed by atoms with E-state index < -0.39 is 0 Å². The van der Waals surface area contributed by atoms with Crippen molar-refractivity contribution in [2.45, 2.75) is 31.7 Å². The number of carbonyl (C=O) groups excluding carboxylic acids is 1. The molecule has 1 saturated heterocycles. The second-order valence-electron chi connectivity index (χ2n) is 8.30. The summed E-state index contributed by atoms with van der Waals surface area (Å²) in [6.07, 6.45) is 3.32. The Morgan fingerprint density at radius 2 is 1.76 bits per heavy atom. The van der Waals surface area contributed by atoms with E-state index in [0.29, 0.717) is 19.4 Å². The van der Waals surface area contributed by atoms with E-state index in [4.69, 9.17) is 13.9 Å². The lowest BCUT2D eigenvalue weighted by Gasteiger charge is -2.29. The third-order valence-corrected chi connectivity index (χ3v) is 6.21. The highest BCUT2D eigenvalue weighted by Gasteiger charge is 2.26. The Morgan fingerprint density at radius 1 is 1.00 bits per heavy atom. The van der Waals surface area contributed by atoms with Gasteiger partial charge in [-0.1, -0.05) is 18.2 Å². The molecule has 2 aromatic carbocycles. The van der Waals surface area contributed by atoms with Crippen LogP contribution in [0.3, 0.4) is 0 Å². The third kappa shape index (κ3) is 5.76. The maximum Gasteiger partial charge on any atom is 0.220 e. The summed E-state index contributed by atoms with van der Waals surface area (Å²) in [5, 5.41) is 3.14. The number of aryl methyl sites for hydroxylation is 1. The molecule has 0 spiro atoms. The van der Waals surface area contributed by atoms with Crippen molar-refractivity contribution in [3.63, 3.8) is 0 Å². The number of furan rings is 1. The second-order valence-corrected chi connectivity index (χ2v) is 8.30. The zero-order chi connectivity index (χ0) is 23.0. The molecule has 33 heavy (non-hydrogen) atoms. The monoisotopic (exact) mass is 448 g/mol. The lowest BCUT2D eigenvalue weighted by molar-refractivity contribution is -0.121. The SMILES string of the molecule is COc1ccc(-c2ccc(CCC(=O)NC[C@H](c3ccccc3OC)N3CCCC3)o2)cc1. The Labute approximate surface area is 195 Å². The van der Waals surface area contributed by atoms with Crippen molar-refractivity contribution in [3.8, 4) is 22.8 Å². The van der Waals surface area contributed by atoms with Crippen LogP contribution in [0.15, 0.2) is 65.1 Å². The Balaban J connectivity index is 1.33. The molecule has 1 aliphatic rings. The molecule has 0 saturated carbocycles. The maximum absolute atomic E-state index is 12.7. The molecule has 1 fully saturated rings. The Hall–Kier alpha value is -3.25. The van der Waals surface area contributed by atoms with Crippen LogP contribution in [0.5, 0.6) is 11.5 Å². The molecule has 1 N–H and O–H groups in total. The normalized spacial score (nSPS) is 14.7. The smallest absolute Gasteiger partial charge is 0.220 e. The second kappa shape index (κ2) is 11.1. The molecule has 0 bridgehead atoms. The van der Waals surface area contributed by atoms with Gasteiger partial charge in [-0.25, -0.2) is 0 Å². The first-order chi connectivity index (χ1) is 16.2. The van der Waals surface area contributed by atoms with Gasteiger partial charge < -0.3 is 19.2 Å². The number of likely N-dealkylation sites (tertiary alicyclic amines) is 1. The van der Waals surface area contributed by atoms with Gasteiger partial charge in [0.05, 0.1) is 20.3 Å². The van der Waals surface area contributed by atoms with Gasteiger partial charge in [0.15, 0.2) is 0 Å². The number of hydrogen-bond donors (Lipinski definition) is 1. The van der Waals surface area contributed by atoms with E-state index >= 15 is 0 Å². The zero-order valence-corrected chi connectivity index (χ0v) is 19.4. The molecular weight excluding hydrogens is 416 g/mol. The molecule has 3 aromatic rings. The number of benzene rings is 2. The minimum absolute atomic E-state index is 0.0245. The summed E-state index contributed by atoms with van der Waals surface area (Å²) in [7, 11) is 3.34. The van der Waals surface area contributed by atoms with Crippen LogP contribution in [0.25, 0.3) is 11.3 Å². The molecule has 1 aromatic heterocycles. The summed E-state index contributed by atoms with van der Waals surface area (Å²) in [6, 6.07) is 19.8. The van der Waals surface area contributed by atoms with E-state index in [1.165, 1.54) is 12.8 Å². The molecule has 2 heterocycles. The van der Waals surface area contributed by atoms with Crippen molar-refractivity contribution in [3.05, 3.63) is 72.0 Å². The number of methoxy groups -OCH3 is 2. The fourth-order valence-electron chi connectivity index (χ4n) is 4.39. The number of nitrogens with zero attached hydrogens (tertiary/aromatic N) is 1. The number of rotatable bonds is 10. The van der Waals surface area contributed by atoms with E-state index in [-0.39, 0.29) is 11.9 Å². The number of para-hydroxylation sites is 1. The molecule has 174 valence electrons. The summed E-state index contributed by atoms with van der Waals surface area (Å²) < 4.78 is 16.7. The lowest BCUT2D eigenvalue weighted by atomic mass is 10.0. The number of ether oxygens (including phenoxy) is 2. The Morgan fingerprint density at radius 3 is 2.48 bits per heavy atom. The fourth-order valence-corrected chi connectivity index (χ4v) is 4.39. The van der Waals surface area contributed by atoms with Crippen molar-refractivity contribution in [2.75, 3.05) is 33.9 Å². The van der Waals surface area contributed by atoms with Gasteiger partial charge in [0.1, 0.15) is 23.0 Å². The van der Waals surface area contributed by atoms with Gasteiger partial charge in [-0.05, 0) is 68.4 Å². The van der Waals surface area contributed by atoms with Crippen LogP contribution >= 0.6 is 0 Å². The highest BCUT2D eigenvalue weighted by Crippen LogP contribution is 2.31. The van der Waals surface area contributed by atoms with Crippen molar-refractivity contribution >= 4 is 5.91 Å². The standard InChI is InChI=1S/C27H32N2O4/c1-31-21-11-9-20(10-12-21)25-15-13-22(33-25)14-16-27(30)28-19-24(29-17-5-6-18-29)23-7-3-4-8-26(23)32-2/h3-4,7-13,15,24H,5-6,14,16-19H2,1-2H3,(H,28,30)/t24-/m1/s1. The first kappa shape index (κ1) is 22.9. The molecule has 0 radical (unpaired) electrons. The third-order valence-electron chi connectivity index (χ3n) is 6.21. The highest BCUT2D eigenvalue weighted by molar-refractivity contribution is 5.76. The van der Waals surface area contributed by atoms with E-state index in [1.807, 2.05) is 54.6 Å². The average molecular weight is 449 g/mol. The van der Waals surface area contributed by atoms with Crippen LogP contribution < -0.4 is 14.8 Å². The number of nitrogens with one attached hydrogen (secondary N) is 1. The molecule has 0 unspecified atom stereocenters. The van der Waals surface area contributed by atoms with Crippen LogP contribution in [-0.2, 0) is 11.2 Å². The summed E-state index contributed by atoms with van der Waals surface area (Å²) >= 11 is 0. The lowest BCUT2D eigenvalue weighted by Crippen LogP contribution is -2.37. The van der Waals surface area contributed by atoms with Crippen LogP contribution in [-0.4, -0.2) is 44.7 Å². The van der Waals surface area contributed by atoms with Crippen molar-refractivity contribution in [1.29, 1.82) is 0 Å². The van der Waals surface area contributed by atoms with Crippen molar-refractivity contribution < 1.29 is 18.7 Å². The molecule has 1 atom stereocenters. The van der Waals surface area contributed by atoms with Gasteiger partial charge in [0.25, 0.3) is 0 Å². The van der Waals surface area contributed by atoms with Crippen molar-refractivity contribution in [1.82, 2.24) is 10.2 Å². The highest BCUT2D eigenvalue weighted by atomic mass is 16.5. The summed E-state index contributed by atoms with van der Waals surface area (Å²) in [5.41, 5.74) is 2.11. The number of amides is 1. The Bertz CT molecular complexity index is 1040. The molecule has 1 amide bonds. The first-order valence-corrected chi connectivity index (χ1v) is 11.5. The topological polar surface area (TPSA) is 63.9 Å². The quantitative estimate of drug-likeness (QED) is 0.480. The predicted octanol–water partition coefficient (Wildman–Crippen LogP) is 4.85. The first-order valence-electron chi connectivity index (χ1n) is 11.5. The van der Waals surface area contributed by atoms with Gasteiger partial charge in [0, 0.05) is 30.5 Å². The zero-order valence-electron chi connectivity index (χ0n) is 19.4. The van der Waals surface area contributed by atoms with Crippen LogP contribution in [0, 0.1) is 0 Å². The van der Waals surface area contributed by atoms with Gasteiger partial charge in [-0.2, -0.15) is 0 Å². The largest absolute Gasteiger partial charge is 0.497 e. The number of hydrogen-bond acceptors (Lipinski definition) is 5. The molecule has 6 nitrogen and oxygen atoms in total. The van der Waals surface area contributed by atoms with Gasteiger partial charge in [-0.15, -0.1) is 0 Å². The minimum atomic E-state index is 0.0245. The minimum Gasteiger partial charge on any atom is -0.497 e. The predicted molar refractivity (Wildman–Crippen MR) is 129 cm³/mol. The average Bonchev–Trinajstić information content (AvgIpc) is 3.56. The van der Waals surface area contributed by atoms with E-state index in [1.54, 1.807) is 14.2 Å². The molecule has 6 heteroatoms. The maximum atomic E-state index is 12.7. The van der Waals surface area contributed by atoms with Crippen LogP contribution in [0.1, 0.15) is 36.6 Å². The molecule has 0 aliphatic carbocycles. The molecule has 4 rings (SSSR count). The number of carbonyl (C=O) groups is 1. The van der Waals surface area contributed by atoms with Gasteiger partial charge >= 0.3 is 0 Å². The summed E-state index contributed by atoms with van der Waals surface area (Å²) in [4.78, 5) is 15.1. The van der Waals surface area contributed by atoms with Crippen LogP contribution in [0.2, 0.25) is 0 Å². The summed E-state index contributed by atoms with van der Waals surface area (Å²) in [5.74, 6) is 3.29. The molecular formula is C27H32N2O4. The Kier molecular flexibility index (Phi) is 7.68. The van der Waals surface area contributed by atoms with E-state index in [2.05, 4.69) is 16.3 Å². The van der Waals surface area contributed by atoms with Crippen LogP contribution in [0.4, 0.5) is 0 Å². The fraction of sp³-hybridized carbons (Fsp3) is 0.370. The van der Waals surface area contributed by atoms with Crippen molar-refractivity contribution in [2.24, 2.45) is 0 Å². The van der Waals surface area contributed by atoms with E-state index in [9.17, 15) is 4.79 Å². The molecule has 1 aliphatic heterocycles.